The molecule has 0 aliphatic carbocycles. The molecular weight excluding hydrogens is 348 g/mol. The van der Waals surface area contributed by atoms with Gasteiger partial charge in [-0.2, -0.15) is 5.26 Å². The van der Waals surface area contributed by atoms with Crippen molar-refractivity contribution in [3.8, 4) is 11.8 Å². The lowest BCUT2D eigenvalue weighted by atomic mass is 10.1. The first-order chi connectivity index (χ1) is 12.6. The summed E-state index contributed by atoms with van der Waals surface area (Å²) in [5.41, 5.74) is 0.753. The molecule has 0 aliphatic rings. The van der Waals surface area contributed by atoms with Crippen LogP contribution in [0.25, 0.3) is 6.08 Å². The largest absolute Gasteiger partial charge is 0.494 e. The minimum Gasteiger partial charge on any atom is -0.494 e. The van der Waals surface area contributed by atoms with Gasteiger partial charge in [-0.1, -0.05) is 37.3 Å². The van der Waals surface area contributed by atoms with Crippen molar-refractivity contribution in [2.45, 2.75) is 39.5 Å². The highest BCUT2D eigenvalue weighted by Gasteiger charge is 2.16. The van der Waals surface area contributed by atoms with Crippen LogP contribution in [0.15, 0.2) is 29.8 Å². The van der Waals surface area contributed by atoms with Gasteiger partial charge in [-0.15, -0.1) is 10.2 Å². The van der Waals surface area contributed by atoms with E-state index in [2.05, 4.69) is 29.4 Å². The third-order valence-electron chi connectivity index (χ3n) is 3.86. The summed E-state index contributed by atoms with van der Waals surface area (Å²) >= 11 is 1.35. The summed E-state index contributed by atoms with van der Waals surface area (Å²) < 4.78 is 5.38. The predicted octanol–water partition coefficient (Wildman–Crippen LogP) is 4.39. The molecule has 7 heteroatoms. The standard InChI is InChI=1S/C19H22N4O2S/c1-4-14(5-2)18-22-23-19(26-18)21-17(24)15(12-20)11-13-7-9-16(10-8-13)25-6-3/h7-11,14H,4-6H2,1-3H3,(H,21,23,24)/b15-11+. The minimum atomic E-state index is -0.492. The average Bonchev–Trinajstić information content (AvgIpc) is 3.10. The van der Waals surface area contributed by atoms with Crippen molar-refractivity contribution in [3.05, 3.63) is 40.4 Å². The zero-order chi connectivity index (χ0) is 18.9. The summed E-state index contributed by atoms with van der Waals surface area (Å²) in [6.45, 7) is 6.69. The Bertz CT molecular complexity index is 802. The molecule has 0 fully saturated rings. The quantitative estimate of drug-likeness (QED) is 0.550. The number of nitriles is 1. The second-order valence-corrected chi connectivity index (χ2v) is 6.59. The highest BCUT2D eigenvalue weighted by molar-refractivity contribution is 7.15. The van der Waals surface area contributed by atoms with Crippen LogP contribution in [0, 0.1) is 11.3 Å². The van der Waals surface area contributed by atoms with E-state index in [1.165, 1.54) is 17.4 Å². The van der Waals surface area contributed by atoms with Gasteiger partial charge in [-0.3, -0.25) is 10.1 Å². The second kappa shape index (κ2) is 9.68. The summed E-state index contributed by atoms with van der Waals surface area (Å²) in [6.07, 6.45) is 3.48. The van der Waals surface area contributed by atoms with Crippen LogP contribution in [-0.2, 0) is 4.79 Å². The molecule has 0 unspecified atom stereocenters. The molecule has 0 saturated heterocycles. The molecule has 0 bridgehead atoms. The van der Waals surface area contributed by atoms with Crippen LogP contribution >= 0.6 is 11.3 Å². The highest BCUT2D eigenvalue weighted by atomic mass is 32.1. The number of ether oxygens (including phenoxy) is 1. The fourth-order valence-corrected chi connectivity index (χ4v) is 3.40. The topological polar surface area (TPSA) is 87.9 Å². The van der Waals surface area contributed by atoms with E-state index in [1.54, 1.807) is 24.3 Å². The lowest BCUT2D eigenvalue weighted by Gasteiger charge is -2.05. The van der Waals surface area contributed by atoms with Crippen LogP contribution in [0.2, 0.25) is 0 Å². The van der Waals surface area contributed by atoms with Gasteiger partial charge in [-0.25, -0.2) is 0 Å². The van der Waals surface area contributed by atoms with Crippen LogP contribution in [-0.4, -0.2) is 22.7 Å². The monoisotopic (exact) mass is 370 g/mol. The van der Waals surface area contributed by atoms with Crippen molar-refractivity contribution >= 4 is 28.5 Å². The van der Waals surface area contributed by atoms with Gasteiger partial charge < -0.3 is 4.74 Å². The molecule has 26 heavy (non-hydrogen) atoms. The Balaban J connectivity index is 2.10. The molecule has 0 saturated carbocycles. The number of carbonyl (C=O) groups excluding carboxylic acids is 1. The molecule has 1 aromatic heterocycles. The van der Waals surface area contributed by atoms with E-state index in [0.717, 1.165) is 29.2 Å². The smallest absolute Gasteiger partial charge is 0.268 e. The van der Waals surface area contributed by atoms with E-state index in [0.29, 0.717) is 17.7 Å². The summed E-state index contributed by atoms with van der Waals surface area (Å²) in [5, 5.41) is 21.4. The molecule has 6 nitrogen and oxygen atoms in total. The van der Waals surface area contributed by atoms with Gasteiger partial charge in [-0.05, 0) is 43.5 Å². The molecule has 1 heterocycles. The maximum atomic E-state index is 12.3. The van der Waals surface area contributed by atoms with Crippen molar-refractivity contribution in [1.82, 2.24) is 10.2 Å². The number of carbonyl (C=O) groups is 1. The molecule has 1 N–H and O–H groups in total. The van der Waals surface area contributed by atoms with Gasteiger partial charge in [0.25, 0.3) is 5.91 Å². The first-order valence-electron chi connectivity index (χ1n) is 8.60. The number of amides is 1. The van der Waals surface area contributed by atoms with Gasteiger partial charge >= 0.3 is 0 Å². The molecule has 0 atom stereocenters. The molecule has 2 aromatic rings. The van der Waals surface area contributed by atoms with Gasteiger partial charge in [0.2, 0.25) is 5.13 Å². The third kappa shape index (κ3) is 5.14. The number of nitrogens with zero attached hydrogens (tertiary/aromatic N) is 3. The third-order valence-corrected chi connectivity index (χ3v) is 4.86. The lowest BCUT2D eigenvalue weighted by molar-refractivity contribution is -0.112. The number of aromatic nitrogens is 2. The predicted molar refractivity (Wildman–Crippen MR) is 103 cm³/mol. The van der Waals surface area contributed by atoms with Crippen LogP contribution < -0.4 is 10.1 Å². The molecule has 0 radical (unpaired) electrons. The van der Waals surface area contributed by atoms with Crippen LogP contribution in [0.5, 0.6) is 5.75 Å². The zero-order valence-electron chi connectivity index (χ0n) is 15.2. The summed E-state index contributed by atoms with van der Waals surface area (Å²) in [4.78, 5) is 12.3. The van der Waals surface area contributed by atoms with Crippen molar-refractivity contribution in [1.29, 1.82) is 5.26 Å². The summed E-state index contributed by atoms with van der Waals surface area (Å²) in [7, 11) is 0. The maximum absolute atomic E-state index is 12.3. The zero-order valence-corrected chi connectivity index (χ0v) is 16.0. The van der Waals surface area contributed by atoms with Gasteiger partial charge in [0, 0.05) is 5.92 Å². The van der Waals surface area contributed by atoms with Crippen molar-refractivity contribution in [3.63, 3.8) is 0 Å². The van der Waals surface area contributed by atoms with E-state index in [4.69, 9.17) is 4.74 Å². The Labute approximate surface area is 157 Å². The summed E-state index contributed by atoms with van der Waals surface area (Å²) in [5.74, 6) is 0.594. The second-order valence-electron chi connectivity index (χ2n) is 5.58. The number of benzene rings is 1. The first-order valence-corrected chi connectivity index (χ1v) is 9.42. The van der Waals surface area contributed by atoms with Crippen LogP contribution in [0.3, 0.4) is 0 Å². The fourth-order valence-electron chi connectivity index (χ4n) is 2.39. The van der Waals surface area contributed by atoms with E-state index in [-0.39, 0.29) is 5.57 Å². The van der Waals surface area contributed by atoms with E-state index in [9.17, 15) is 10.1 Å². The SMILES string of the molecule is CCOc1ccc(/C=C(\C#N)C(=O)Nc2nnc(C(CC)CC)s2)cc1. The number of hydrogen-bond donors (Lipinski definition) is 1. The Morgan fingerprint density at radius 1 is 1.27 bits per heavy atom. The first kappa shape index (κ1) is 19.6. The highest BCUT2D eigenvalue weighted by Crippen LogP contribution is 2.28. The Morgan fingerprint density at radius 3 is 2.54 bits per heavy atom. The van der Waals surface area contributed by atoms with Gasteiger partial charge in [0.15, 0.2) is 0 Å². The maximum Gasteiger partial charge on any atom is 0.268 e. The number of nitrogens with one attached hydrogen (secondary N) is 1. The molecule has 2 rings (SSSR count). The fraction of sp³-hybridized carbons (Fsp3) is 0.368. The van der Waals surface area contributed by atoms with E-state index in [1.807, 2.05) is 13.0 Å². The average molecular weight is 370 g/mol. The Morgan fingerprint density at radius 2 is 1.96 bits per heavy atom. The van der Waals surface area contributed by atoms with E-state index < -0.39 is 5.91 Å². The van der Waals surface area contributed by atoms with Crippen molar-refractivity contribution in [2.24, 2.45) is 0 Å². The van der Waals surface area contributed by atoms with Crippen LogP contribution in [0.4, 0.5) is 5.13 Å². The van der Waals surface area contributed by atoms with Crippen LogP contribution in [0.1, 0.15) is 50.1 Å². The minimum absolute atomic E-state index is 0.00782. The Kier molecular flexibility index (Phi) is 7.30. The van der Waals surface area contributed by atoms with E-state index >= 15 is 0 Å². The molecule has 136 valence electrons. The number of rotatable bonds is 8. The normalized spacial score (nSPS) is 11.3. The van der Waals surface area contributed by atoms with Gasteiger partial charge in [0.05, 0.1) is 6.61 Å². The molecular formula is C19H22N4O2S. The molecule has 1 aromatic carbocycles. The molecule has 0 spiro atoms. The Hall–Kier alpha value is -2.72. The molecule has 1 amide bonds. The lowest BCUT2D eigenvalue weighted by Crippen LogP contribution is -2.13. The van der Waals surface area contributed by atoms with Crippen molar-refractivity contribution in [2.75, 3.05) is 11.9 Å². The number of hydrogen-bond acceptors (Lipinski definition) is 6. The molecule has 0 aliphatic heterocycles. The number of anilines is 1. The van der Waals surface area contributed by atoms with Crippen molar-refractivity contribution < 1.29 is 9.53 Å². The van der Waals surface area contributed by atoms with Gasteiger partial charge in [0.1, 0.15) is 22.4 Å². The summed E-state index contributed by atoms with van der Waals surface area (Å²) in [6, 6.07) is 9.13.